The minimum atomic E-state index is 0.277. The van der Waals surface area contributed by atoms with E-state index in [1.54, 1.807) is 0 Å². The minimum Gasteiger partial charge on any atom is -0.313 e. The Morgan fingerprint density at radius 2 is 1.80 bits per heavy atom. The van der Waals surface area contributed by atoms with Crippen molar-refractivity contribution in [2.75, 3.05) is 7.05 Å². The number of benzene rings is 2. The summed E-state index contributed by atoms with van der Waals surface area (Å²) in [6.45, 7) is 2.17. The third-order valence-electron chi connectivity index (χ3n) is 3.53. The molecule has 0 saturated carbocycles. The predicted molar refractivity (Wildman–Crippen MR) is 87.8 cm³/mol. The van der Waals surface area contributed by atoms with Crippen LogP contribution in [0.15, 0.2) is 42.5 Å². The molecule has 106 valence electrons. The fraction of sp³-hybridized carbons (Fsp3) is 0.294. The Balaban J connectivity index is 2.21. The molecule has 0 amide bonds. The van der Waals surface area contributed by atoms with Crippen molar-refractivity contribution in [3.05, 3.63) is 69.2 Å². The molecular weight excluding hydrogens is 289 g/mol. The highest BCUT2D eigenvalue weighted by molar-refractivity contribution is 6.42. The molecule has 0 spiro atoms. The quantitative estimate of drug-likeness (QED) is 0.814. The van der Waals surface area contributed by atoms with Crippen molar-refractivity contribution < 1.29 is 0 Å². The molecule has 1 nitrogen and oxygen atoms in total. The highest BCUT2D eigenvalue weighted by Crippen LogP contribution is 2.26. The first kappa shape index (κ1) is 15.4. The number of aryl methyl sites for hydroxylation is 1. The molecule has 0 fully saturated rings. The topological polar surface area (TPSA) is 12.0 Å². The summed E-state index contributed by atoms with van der Waals surface area (Å²) in [6, 6.07) is 14.8. The van der Waals surface area contributed by atoms with E-state index in [9.17, 15) is 0 Å². The zero-order valence-electron chi connectivity index (χ0n) is 11.8. The van der Waals surface area contributed by atoms with E-state index in [1.807, 2.05) is 25.2 Å². The Morgan fingerprint density at radius 1 is 1.00 bits per heavy atom. The first-order chi connectivity index (χ1) is 9.63. The van der Waals surface area contributed by atoms with Gasteiger partial charge in [-0.1, -0.05) is 60.5 Å². The average molecular weight is 308 g/mol. The average Bonchev–Trinajstić information content (AvgIpc) is 2.48. The standard InChI is InChI=1S/C17H19Cl2N/c1-3-12-5-4-6-14(9-12)17(20-2)11-13-7-8-15(18)16(19)10-13/h4-10,17,20H,3,11H2,1-2H3. The Morgan fingerprint density at radius 3 is 2.45 bits per heavy atom. The van der Waals surface area contributed by atoms with Gasteiger partial charge in [0.2, 0.25) is 0 Å². The van der Waals surface area contributed by atoms with Crippen LogP contribution in [-0.2, 0) is 12.8 Å². The van der Waals surface area contributed by atoms with Crippen LogP contribution in [0.25, 0.3) is 0 Å². The molecular formula is C17H19Cl2N. The Hall–Kier alpha value is -1.02. The summed E-state index contributed by atoms with van der Waals surface area (Å²) in [7, 11) is 1.99. The first-order valence-electron chi connectivity index (χ1n) is 6.84. The van der Waals surface area contributed by atoms with Crippen molar-refractivity contribution in [2.45, 2.75) is 25.8 Å². The van der Waals surface area contributed by atoms with Crippen LogP contribution >= 0.6 is 23.2 Å². The second-order valence-electron chi connectivity index (χ2n) is 4.89. The molecule has 0 aliphatic carbocycles. The van der Waals surface area contributed by atoms with Gasteiger partial charge in [0.25, 0.3) is 0 Å². The fourth-order valence-corrected chi connectivity index (χ4v) is 2.64. The van der Waals surface area contributed by atoms with Gasteiger partial charge in [-0.05, 0) is 48.7 Å². The van der Waals surface area contributed by atoms with Gasteiger partial charge in [-0.3, -0.25) is 0 Å². The summed E-state index contributed by atoms with van der Waals surface area (Å²) < 4.78 is 0. The first-order valence-corrected chi connectivity index (χ1v) is 7.59. The monoisotopic (exact) mass is 307 g/mol. The molecule has 0 saturated heterocycles. The van der Waals surface area contributed by atoms with E-state index in [1.165, 1.54) is 16.7 Å². The van der Waals surface area contributed by atoms with Gasteiger partial charge >= 0.3 is 0 Å². The lowest BCUT2D eigenvalue weighted by atomic mass is 9.97. The largest absolute Gasteiger partial charge is 0.313 e. The summed E-state index contributed by atoms with van der Waals surface area (Å²) in [5, 5.41) is 4.59. The van der Waals surface area contributed by atoms with Crippen LogP contribution in [-0.4, -0.2) is 7.05 Å². The van der Waals surface area contributed by atoms with Crippen LogP contribution < -0.4 is 5.32 Å². The fourth-order valence-electron chi connectivity index (χ4n) is 2.32. The molecule has 2 rings (SSSR count). The van der Waals surface area contributed by atoms with Crippen molar-refractivity contribution in [3.63, 3.8) is 0 Å². The molecule has 0 aliphatic rings. The van der Waals surface area contributed by atoms with Crippen LogP contribution in [0, 0.1) is 0 Å². The van der Waals surface area contributed by atoms with Gasteiger partial charge in [-0.2, -0.15) is 0 Å². The SMILES string of the molecule is CCc1cccc(C(Cc2ccc(Cl)c(Cl)c2)NC)c1. The van der Waals surface area contributed by atoms with Crippen molar-refractivity contribution >= 4 is 23.2 Å². The van der Waals surface area contributed by atoms with E-state index in [4.69, 9.17) is 23.2 Å². The molecule has 1 N–H and O–H groups in total. The Labute approximate surface area is 130 Å². The van der Waals surface area contributed by atoms with E-state index >= 15 is 0 Å². The lowest BCUT2D eigenvalue weighted by Gasteiger charge is -2.18. The molecule has 3 heteroatoms. The number of hydrogen-bond donors (Lipinski definition) is 1. The Kier molecular flexibility index (Phi) is 5.47. The molecule has 1 unspecified atom stereocenters. The zero-order valence-corrected chi connectivity index (χ0v) is 13.3. The van der Waals surface area contributed by atoms with Crippen molar-refractivity contribution in [1.29, 1.82) is 0 Å². The van der Waals surface area contributed by atoms with Gasteiger partial charge in [0.15, 0.2) is 0 Å². The zero-order chi connectivity index (χ0) is 14.5. The highest BCUT2D eigenvalue weighted by atomic mass is 35.5. The third kappa shape index (κ3) is 3.76. The van der Waals surface area contributed by atoms with Gasteiger partial charge in [-0.25, -0.2) is 0 Å². The second-order valence-corrected chi connectivity index (χ2v) is 5.71. The van der Waals surface area contributed by atoms with Gasteiger partial charge in [0, 0.05) is 6.04 Å². The van der Waals surface area contributed by atoms with Crippen LogP contribution in [0.2, 0.25) is 10.0 Å². The summed E-state index contributed by atoms with van der Waals surface area (Å²) in [5.74, 6) is 0. The highest BCUT2D eigenvalue weighted by Gasteiger charge is 2.11. The van der Waals surface area contributed by atoms with Gasteiger partial charge in [0.1, 0.15) is 0 Å². The van der Waals surface area contributed by atoms with E-state index in [2.05, 4.69) is 36.5 Å². The summed E-state index contributed by atoms with van der Waals surface area (Å²) >= 11 is 12.0. The molecule has 0 bridgehead atoms. The van der Waals surface area contributed by atoms with Crippen molar-refractivity contribution in [3.8, 4) is 0 Å². The number of nitrogens with one attached hydrogen (secondary N) is 1. The lowest BCUT2D eigenvalue weighted by molar-refractivity contribution is 0.591. The van der Waals surface area contributed by atoms with Gasteiger partial charge < -0.3 is 5.32 Å². The number of likely N-dealkylation sites (N-methyl/N-ethyl adjacent to an activating group) is 1. The molecule has 2 aromatic rings. The maximum Gasteiger partial charge on any atom is 0.0595 e. The lowest BCUT2D eigenvalue weighted by Crippen LogP contribution is -2.19. The van der Waals surface area contributed by atoms with Crippen molar-refractivity contribution in [2.24, 2.45) is 0 Å². The minimum absolute atomic E-state index is 0.277. The molecule has 0 aromatic heterocycles. The van der Waals surface area contributed by atoms with E-state index in [-0.39, 0.29) is 6.04 Å². The van der Waals surface area contributed by atoms with Gasteiger partial charge in [-0.15, -0.1) is 0 Å². The molecule has 0 radical (unpaired) electrons. The second kappa shape index (κ2) is 7.12. The van der Waals surface area contributed by atoms with Crippen LogP contribution in [0.3, 0.4) is 0 Å². The van der Waals surface area contributed by atoms with Crippen LogP contribution in [0.1, 0.15) is 29.7 Å². The van der Waals surface area contributed by atoms with Crippen molar-refractivity contribution in [1.82, 2.24) is 5.32 Å². The van der Waals surface area contributed by atoms with E-state index < -0.39 is 0 Å². The number of halogens is 2. The normalized spacial score (nSPS) is 12.4. The Bertz CT molecular complexity index is 581. The summed E-state index contributed by atoms with van der Waals surface area (Å²) in [4.78, 5) is 0. The maximum absolute atomic E-state index is 6.08. The molecule has 1 atom stereocenters. The molecule has 0 aliphatic heterocycles. The maximum atomic E-state index is 6.08. The van der Waals surface area contributed by atoms with E-state index in [0.29, 0.717) is 10.0 Å². The van der Waals surface area contributed by atoms with Gasteiger partial charge in [0.05, 0.1) is 10.0 Å². The summed E-state index contributed by atoms with van der Waals surface area (Å²) in [6.07, 6.45) is 1.94. The summed E-state index contributed by atoms with van der Waals surface area (Å²) in [5.41, 5.74) is 3.84. The van der Waals surface area contributed by atoms with E-state index in [0.717, 1.165) is 12.8 Å². The number of rotatable bonds is 5. The molecule has 2 aromatic carbocycles. The molecule has 0 heterocycles. The molecule has 20 heavy (non-hydrogen) atoms. The van der Waals surface area contributed by atoms with Crippen LogP contribution in [0.5, 0.6) is 0 Å². The van der Waals surface area contributed by atoms with Crippen LogP contribution in [0.4, 0.5) is 0 Å². The third-order valence-corrected chi connectivity index (χ3v) is 4.27. The smallest absolute Gasteiger partial charge is 0.0595 e. The predicted octanol–water partition coefficient (Wildman–Crippen LogP) is 5.06. The number of hydrogen-bond acceptors (Lipinski definition) is 1.